The summed E-state index contributed by atoms with van der Waals surface area (Å²) in [5.74, 6) is -0.757. The number of amides is 1. The first kappa shape index (κ1) is 25.7. The summed E-state index contributed by atoms with van der Waals surface area (Å²) in [4.78, 5) is 39.2. The van der Waals surface area contributed by atoms with E-state index in [0.29, 0.717) is 28.3 Å². The number of para-hydroxylation sites is 2. The number of fused-ring (bicyclic) bond motifs is 1. The van der Waals surface area contributed by atoms with Crippen LogP contribution in [0.3, 0.4) is 0 Å². The quantitative estimate of drug-likeness (QED) is 0.454. The Bertz CT molecular complexity index is 1250. The fourth-order valence-electron chi connectivity index (χ4n) is 4.00. The molecular formula is C29H27NO7. The molecule has 1 amide bonds. The fourth-order valence-corrected chi connectivity index (χ4v) is 4.00. The third-order valence-electron chi connectivity index (χ3n) is 5.80. The van der Waals surface area contributed by atoms with Crippen LogP contribution in [0.4, 0.5) is 16.2 Å². The van der Waals surface area contributed by atoms with E-state index < -0.39 is 30.1 Å². The predicted octanol–water partition coefficient (Wildman–Crippen LogP) is 4.47. The summed E-state index contributed by atoms with van der Waals surface area (Å²) in [6, 6.07) is 23.0. The number of hydrogen-bond donors (Lipinski definition) is 1. The van der Waals surface area contributed by atoms with Crippen LogP contribution in [0, 0.1) is 0 Å². The lowest BCUT2D eigenvalue weighted by molar-refractivity contribution is -0.145. The van der Waals surface area contributed by atoms with Crippen LogP contribution in [0.2, 0.25) is 0 Å². The Labute approximate surface area is 214 Å². The minimum Gasteiger partial charge on any atom is -0.481 e. The molecule has 8 heteroatoms. The average Bonchev–Trinajstić information content (AvgIpc) is 3.04. The highest BCUT2D eigenvalue weighted by atomic mass is 16.6. The normalized spacial score (nSPS) is 16.3. The first-order valence-corrected chi connectivity index (χ1v) is 11.8. The van der Waals surface area contributed by atoms with E-state index >= 15 is 0 Å². The molecule has 3 aromatic carbocycles. The van der Waals surface area contributed by atoms with Crippen molar-refractivity contribution in [2.45, 2.75) is 18.9 Å². The standard InChI is InChI=1S/C29H27NO7/c1-2-35-27(32)19-36-25-15-9-10-21-18-29(34,26(31)17-16-24(21)25)20-37-28(33)30(22-11-5-3-6-12-22)23-13-7-4-8-14-23/h3-17,34H,2,18-20H2,1H3. The SMILES string of the molecule is CCOC(=O)COc1cccc2c1C=CC(=O)C(O)(COC(=O)N(c1ccccc1)c1ccccc1)C2. The van der Waals surface area contributed by atoms with Crippen molar-refractivity contribution in [3.8, 4) is 5.75 Å². The van der Waals surface area contributed by atoms with Gasteiger partial charge in [-0.2, -0.15) is 0 Å². The largest absolute Gasteiger partial charge is 0.481 e. The van der Waals surface area contributed by atoms with E-state index in [1.165, 1.54) is 17.1 Å². The zero-order valence-corrected chi connectivity index (χ0v) is 20.3. The summed E-state index contributed by atoms with van der Waals surface area (Å²) in [6.45, 7) is 1.09. The van der Waals surface area contributed by atoms with E-state index in [-0.39, 0.29) is 19.6 Å². The van der Waals surface area contributed by atoms with Crippen LogP contribution in [-0.4, -0.2) is 48.4 Å². The van der Waals surface area contributed by atoms with Gasteiger partial charge in [0.05, 0.1) is 18.0 Å². The number of aliphatic hydroxyl groups is 1. The molecule has 0 aromatic heterocycles. The fraction of sp³-hybridized carbons (Fsp3) is 0.207. The molecule has 0 fully saturated rings. The summed E-state index contributed by atoms with van der Waals surface area (Å²) in [7, 11) is 0. The molecule has 0 heterocycles. The number of ketones is 1. The smallest absolute Gasteiger partial charge is 0.419 e. The number of hydrogen-bond acceptors (Lipinski definition) is 7. The minimum atomic E-state index is -1.99. The summed E-state index contributed by atoms with van der Waals surface area (Å²) in [5.41, 5.74) is 0.316. The third kappa shape index (κ3) is 6.05. The number of esters is 1. The van der Waals surface area contributed by atoms with E-state index in [4.69, 9.17) is 14.2 Å². The second kappa shape index (κ2) is 11.5. The van der Waals surface area contributed by atoms with Crippen LogP contribution < -0.4 is 9.64 Å². The van der Waals surface area contributed by atoms with Crippen LogP contribution in [0.1, 0.15) is 18.1 Å². The molecule has 0 radical (unpaired) electrons. The van der Waals surface area contributed by atoms with E-state index in [1.807, 2.05) is 12.1 Å². The van der Waals surface area contributed by atoms with Gasteiger partial charge >= 0.3 is 12.1 Å². The van der Waals surface area contributed by atoms with Gasteiger partial charge in [0.1, 0.15) is 12.4 Å². The van der Waals surface area contributed by atoms with Gasteiger partial charge < -0.3 is 19.3 Å². The Balaban J connectivity index is 1.53. The third-order valence-corrected chi connectivity index (χ3v) is 5.80. The Morgan fingerprint density at radius 3 is 2.16 bits per heavy atom. The summed E-state index contributed by atoms with van der Waals surface area (Å²) in [6.07, 6.45) is 1.90. The molecule has 1 atom stereocenters. The van der Waals surface area contributed by atoms with Gasteiger partial charge in [-0.15, -0.1) is 0 Å². The van der Waals surface area contributed by atoms with Gasteiger partial charge in [0.25, 0.3) is 0 Å². The van der Waals surface area contributed by atoms with Gasteiger partial charge in [0.15, 0.2) is 18.0 Å². The van der Waals surface area contributed by atoms with Crippen molar-refractivity contribution in [2.24, 2.45) is 0 Å². The van der Waals surface area contributed by atoms with Gasteiger partial charge in [0.2, 0.25) is 0 Å². The van der Waals surface area contributed by atoms with Crippen molar-refractivity contribution >= 4 is 35.3 Å². The molecule has 190 valence electrons. The number of carbonyl (C=O) groups is 3. The number of carbonyl (C=O) groups excluding carboxylic acids is 3. The molecule has 8 nitrogen and oxygen atoms in total. The maximum atomic E-state index is 13.2. The molecule has 0 saturated heterocycles. The second-order valence-corrected chi connectivity index (χ2v) is 8.39. The van der Waals surface area contributed by atoms with Gasteiger partial charge in [-0.25, -0.2) is 14.5 Å². The van der Waals surface area contributed by atoms with Crippen LogP contribution in [-0.2, 0) is 25.5 Å². The lowest BCUT2D eigenvalue weighted by Crippen LogP contribution is -2.45. The molecule has 3 aromatic rings. The molecule has 4 rings (SSSR count). The van der Waals surface area contributed by atoms with Crippen molar-refractivity contribution in [1.29, 1.82) is 0 Å². The molecular weight excluding hydrogens is 474 g/mol. The molecule has 37 heavy (non-hydrogen) atoms. The maximum absolute atomic E-state index is 13.2. The Kier molecular flexibility index (Phi) is 8.00. The number of rotatable bonds is 8. The summed E-state index contributed by atoms with van der Waals surface area (Å²) < 4.78 is 16.0. The average molecular weight is 502 g/mol. The van der Waals surface area contributed by atoms with Gasteiger partial charge in [0, 0.05) is 12.0 Å². The summed E-state index contributed by atoms with van der Waals surface area (Å²) in [5, 5.41) is 11.3. The molecule has 0 spiro atoms. The number of ether oxygens (including phenoxy) is 3. The maximum Gasteiger partial charge on any atom is 0.419 e. The summed E-state index contributed by atoms with van der Waals surface area (Å²) >= 11 is 0. The zero-order chi connectivity index (χ0) is 26.3. The van der Waals surface area contributed by atoms with E-state index in [0.717, 1.165) is 0 Å². The van der Waals surface area contributed by atoms with Crippen molar-refractivity contribution in [2.75, 3.05) is 24.7 Å². The Hall–Kier alpha value is -4.43. The highest BCUT2D eigenvalue weighted by Crippen LogP contribution is 2.32. The van der Waals surface area contributed by atoms with Gasteiger partial charge in [-0.3, -0.25) is 4.79 Å². The monoisotopic (exact) mass is 501 g/mol. The van der Waals surface area contributed by atoms with Crippen molar-refractivity contribution in [1.82, 2.24) is 0 Å². The second-order valence-electron chi connectivity index (χ2n) is 8.39. The van der Waals surface area contributed by atoms with Crippen molar-refractivity contribution < 1.29 is 33.7 Å². The van der Waals surface area contributed by atoms with E-state index in [9.17, 15) is 19.5 Å². The van der Waals surface area contributed by atoms with Crippen LogP contribution in [0.15, 0.2) is 84.9 Å². The number of benzene rings is 3. The number of anilines is 2. The van der Waals surface area contributed by atoms with Crippen molar-refractivity contribution in [3.63, 3.8) is 0 Å². The molecule has 1 aliphatic rings. The molecule has 0 bridgehead atoms. The van der Waals surface area contributed by atoms with E-state index in [1.54, 1.807) is 73.7 Å². The Morgan fingerprint density at radius 1 is 0.892 bits per heavy atom. The predicted molar refractivity (Wildman–Crippen MR) is 138 cm³/mol. The molecule has 0 aliphatic heterocycles. The lowest BCUT2D eigenvalue weighted by atomic mass is 9.91. The first-order chi connectivity index (χ1) is 17.9. The zero-order valence-electron chi connectivity index (χ0n) is 20.3. The van der Waals surface area contributed by atoms with Gasteiger partial charge in [-0.05, 0) is 55.0 Å². The van der Waals surface area contributed by atoms with Crippen LogP contribution >= 0.6 is 0 Å². The number of nitrogens with zero attached hydrogens (tertiary/aromatic N) is 1. The topological polar surface area (TPSA) is 102 Å². The van der Waals surface area contributed by atoms with Gasteiger partial charge in [-0.1, -0.05) is 48.5 Å². The van der Waals surface area contributed by atoms with Crippen molar-refractivity contribution in [3.05, 3.63) is 96.1 Å². The minimum absolute atomic E-state index is 0.116. The van der Waals surface area contributed by atoms with Crippen LogP contribution in [0.5, 0.6) is 5.75 Å². The highest BCUT2D eigenvalue weighted by Gasteiger charge is 2.39. The molecule has 0 saturated carbocycles. The highest BCUT2D eigenvalue weighted by molar-refractivity contribution is 6.02. The molecule has 1 unspecified atom stereocenters. The Morgan fingerprint density at radius 2 is 1.54 bits per heavy atom. The van der Waals surface area contributed by atoms with E-state index in [2.05, 4.69) is 0 Å². The molecule has 1 aliphatic carbocycles. The first-order valence-electron chi connectivity index (χ1n) is 11.8. The molecule has 1 N–H and O–H groups in total. The lowest BCUT2D eigenvalue weighted by Gasteiger charge is -2.27. The van der Waals surface area contributed by atoms with Crippen LogP contribution in [0.25, 0.3) is 6.08 Å².